The Balaban J connectivity index is 2.97. The normalized spacial score (nSPS) is 14.2. The van der Waals surface area contributed by atoms with E-state index < -0.39 is 8.32 Å². The number of thiophene rings is 1. The summed E-state index contributed by atoms with van der Waals surface area (Å²) in [7, 11) is -1.52. The summed E-state index contributed by atoms with van der Waals surface area (Å²) in [4.78, 5) is 1.42. The van der Waals surface area contributed by atoms with Crippen molar-refractivity contribution in [3.8, 4) is 0 Å². The fourth-order valence-electron chi connectivity index (χ4n) is 2.52. The summed E-state index contributed by atoms with van der Waals surface area (Å²) in [5.41, 5.74) is 1.42. The summed E-state index contributed by atoms with van der Waals surface area (Å²) in [6.45, 7) is 13.7. The largest absolute Gasteiger partial charge is 0.410 e. The summed E-state index contributed by atoms with van der Waals surface area (Å²) in [5.74, 6) is 0.551. The zero-order valence-electron chi connectivity index (χ0n) is 12.7. The van der Waals surface area contributed by atoms with E-state index in [1.807, 2.05) is 11.3 Å². The van der Waals surface area contributed by atoms with Gasteiger partial charge in [-0.05, 0) is 48.0 Å². The lowest BCUT2D eigenvalue weighted by Crippen LogP contribution is -2.38. The van der Waals surface area contributed by atoms with Gasteiger partial charge in [-0.3, -0.25) is 0 Å². The van der Waals surface area contributed by atoms with E-state index in [-0.39, 0.29) is 0 Å². The summed E-state index contributed by atoms with van der Waals surface area (Å²) in [5, 5.41) is 2.19. The molecule has 0 aliphatic carbocycles. The summed E-state index contributed by atoms with van der Waals surface area (Å²) in [6, 6.07) is 5.94. The third-order valence-electron chi connectivity index (χ3n) is 4.12. The van der Waals surface area contributed by atoms with E-state index in [9.17, 15) is 0 Å². The van der Waals surface area contributed by atoms with Crippen LogP contribution >= 0.6 is 11.3 Å². The Kier molecular flexibility index (Phi) is 6.08. The van der Waals surface area contributed by atoms with E-state index in [1.54, 1.807) is 0 Å². The molecule has 18 heavy (non-hydrogen) atoms. The third-order valence-corrected chi connectivity index (χ3v) is 9.60. The second-order valence-electron chi connectivity index (χ2n) is 5.46. The molecule has 1 aromatic rings. The van der Waals surface area contributed by atoms with Crippen LogP contribution in [0.15, 0.2) is 11.4 Å². The Morgan fingerprint density at radius 1 is 1.17 bits per heavy atom. The fraction of sp³-hybridized carbons (Fsp3) is 0.733. The van der Waals surface area contributed by atoms with Crippen molar-refractivity contribution in [1.29, 1.82) is 0 Å². The van der Waals surface area contributed by atoms with Crippen LogP contribution in [0, 0.1) is 12.8 Å². The Morgan fingerprint density at radius 2 is 1.72 bits per heavy atom. The van der Waals surface area contributed by atoms with Crippen molar-refractivity contribution in [2.24, 2.45) is 5.92 Å². The maximum atomic E-state index is 6.72. The number of hydrogen-bond acceptors (Lipinski definition) is 2. The second-order valence-corrected chi connectivity index (χ2v) is 11.3. The van der Waals surface area contributed by atoms with Crippen LogP contribution in [0.3, 0.4) is 0 Å². The topological polar surface area (TPSA) is 9.23 Å². The number of aryl methyl sites for hydroxylation is 1. The van der Waals surface area contributed by atoms with E-state index >= 15 is 0 Å². The number of rotatable bonds is 7. The minimum absolute atomic E-state index is 0.294. The average Bonchev–Trinajstić information content (AvgIpc) is 2.78. The van der Waals surface area contributed by atoms with Crippen molar-refractivity contribution in [2.45, 2.75) is 65.8 Å². The molecule has 104 valence electrons. The first-order valence-electron chi connectivity index (χ1n) is 7.21. The van der Waals surface area contributed by atoms with E-state index in [4.69, 9.17) is 4.43 Å². The van der Waals surface area contributed by atoms with Crippen LogP contribution in [-0.2, 0) is 4.43 Å². The van der Waals surface area contributed by atoms with Crippen molar-refractivity contribution < 1.29 is 4.43 Å². The summed E-state index contributed by atoms with van der Waals surface area (Å²) < 4.78 is 6.72. The van der Waals surface area contributed by atoms with Crippen LogP contribution in [0.25, 0.3) is 0 Å². The molecule has 1 rings (SSSR count). The quantitative estimate of drug-likeness (QED) is 0.577. The molecule has 0 aliphatic rings. The molecule has 0 radical (unpaired) electrons. The number of hydrogen-bond donors (Lipinski definition) is 0. The molecule has 1 unspecified atom stereocenters. The molecule has 0 bridgehead atoms. The first kappa shape index (κ1) is 15.9. The van der Waals surface area contributed by atoms with Gasteiger partial charge in [-0.15, -0.1) is 11.3 Å². The molecular formula is C15H28OSSi. The molecule has 0 saturated carbocycles. The van der Waals surface area contributed by atoms with Crippen molar-refractivity contribution in [2.75, 3.05) is 0 Å². The van der Waals surface area contributed by atoms with Gasteiger partial charge in [0, 0.05) is 4.88 Å². The van der Waals surface area contributed by atoms with E-state index in [0.29, 0.717) is 12.0 Å². The highest BCUT2D eigenvalue weighted by Gasteiger charge is 2.34. The molecule has 0 aliphatic heterocycles. The van der Waals surface area contributed by atoms with Crippen LogP contribution in [-0.4, -0.2) is 8.32 Å². The minimum atomic E-state index is -1.52. The van der Waals surface area contributed by atoms with Gasteiger partial charge < -0.3 is 4.43 Å². The molecule has 0 amide bonds. The van der Waals surface area contributed by atoms with E-state index in [1.165, 1.54) is 28.6 Å². The van der Waals surface area contributed by atoms with Crippen molar-refractivity contribution in [1.82, 2.24) is 0 Å². The standard InChI is InChI=1S/C15H28OSSi/c1-7-18(8-2,9-3)16-15(12(4)5)14-10-11-17-13(14)6/h10-12,15H,7-9H2,1-6H3. The van der Waals surface area contributed by atoms with Gasteiger partial charge in [0.15, 0.2) is 8.32 Å². The van der Waals surface area contributed by atoms with Gasteiger partial charge in [-0.25, -0.2) is 0 Å². The van der Waals surface area contributed by atoms with Crippen LogP contribution in [0.5, 0.6) is 0 Å². The molecule has 3 heteroatoms. The predicted octanol–water partition coefficient (Wildman–Crippen LogP) is 5.78. The van der Waals surface area contributed by atoms with Crippen LogP contribution in [0.4, 0.5) is 0 Å². The monoisotopic (exact) mass is 284 g/mol. The summed E-state index contributed by atoms with van der Waals surface area (Å²) >= 11 is 1.83. The molecule has 1 atom stereocenters. The highest BCUT2D eigenvalue weighted by Crippen LogP contribution is 2.36. The zero-order chi connectivity index (χ0) is 13.8. The molecule has 0 spiro atoms. The van der Waals surface area contributed by atoms with Crippen LogP contribution in [0.1, 0.15) is 51.2 Å². The molecular weight excluding hydrogens is 256 g/mol. The van der Waals surface area contributed by atoms with Gasteiger partial charge in [0.1, 0.15) is 0 Å². The van der Waals surface area contributed by atoms with Gasteiger partial charge in [0.05, 0.1) is 6.10 Å². The first-order valence-corrected chi connectivity index (χ1v) is 10.6. The molecule has 0 saturated heterocycles. The molecule has 0 fully saturated rings. The van der Waals surface area contributed by atoms with Gasteiger partial charge in [-0.1, -0.05) is 34.6 Å². The fourth-order valence-corrected chi connectivity index (χ4v) is 6.19. The minimum Gasteiger partial charge on any atom is -0.410 e. The van der Waals surface area contributed by atoms with Crippen LogP contribution < -0.4 is 0 Å². The maximum Gasteiger partial charge on any atom is 0.192 e. The molecule has 0 N–H and O–H groups in total. The molecule has 1 nitrogen and oxygen atoms in total. The lowest BCUT2D eigenvalue weighted by Gasteiger charge is -2.35. The Labute approximate surface area is 118 Å². The zero-order valence-corrected chi connectivity index (χ0v) is 14.6. The first-order chi connectivity index (χ1) is 8.49. The highest BCUT2D eigenvalue weighted by molar-refractivity contribution is 7.10. The van der Waals surface area contributed by atoms with E-state index in [2.05, 4.69) is 53.0 Å². The van der Waals surface area contributed by atoms with Gasteiger partial charge >= 0.3 is 0 Å². The Morgan fingerprint density at radius 3 is 2.06 bits per heavy atom. The Hall–Kier alpha value is -0.123. The summed E-state index contributed by atoms with van der Waals surface area (Å²) in [6.07, 6.45) is 0.294. The van der Waals surface area contributed by atoms with Gasteiger partial charge in [0.2, 0.25) is 0 Å². The van der Waals surface area contributed by atoms with Crippen LogP contribution in [0.2, 0.25) is 18.1 Å². The third kappa shape index (κ3) is 3.46. The SMILES string of the molecule is CC[Si](CC)(CC)OC(c1ccsc1C)C(C)C. The van der Waals surface area contributed by atoms with E-state index in [0.717, 1.165) is 0 Å². The van der Waals surface area contributed by atoms with Gasteiger partial charge in [-0.2, -0.15) is 0 Å². The van der Waals surface area contributed by atoms with Crippen molar-refractivity contribution >= 4 is 19.7 Å². The lowest BCUT2D eigenvalue weighted by molar-refractivity contribution is 0.139. The second kappa shape index (κ2) is 6.87. The van der Waals surface area contributed by atoms with Crippen molar-refractivity contribution in [3.05, 3.63) is 21.9 Å². The predicted molar refractivity (Wildman–Crippen MR) is 84.9 cm³/mol. The Bertz CT molecular complexity index is 347. The molecule has 0 aromatic carbocycles. The molecule has 1 heterocycles. The average molecular weight is 285 g/mol. The van der Waals surface area contributed by atoms with Crippen molar-refractivity contribution in [3.63, 3.8) is 0 Å². The maximum absolute atomic E-state index is 6.72. The molecule has 1 aromatic heterocycles. The van der Waals surface area contributed by atoms with Gasteiger partial charge in [0.25, 0.3) is 0 Å². The highest BCUT2D eigenvalue weighted by atomic mass is 32.1. The lowest BCUT2D eigenvalue weighted by atomic mass is 10.0. The smallest absolute Gasteiger partial charge is 0.192 e.